The zero-order valence-electron chi connectivity index (χ0n) is 18.2. The number of hydrogen-bond donors (Lipinski definition) is 2. The normalized spacial score (nSPS) is 10.6. The van der Waals surface area contributed by atoms with E-state index in [1.54, 1.807) is 67.8 Å². The van der Waals surface area contributed by atoms with Gasteiger partial charge in [-0.3, -0.25) is 19.0 Å². The van der Waals surface area contributed by atoms with Crippen molar-refractivity contribution in [1.29, 1.82) is 0 Å². The largest absolute Gasteiger partial charge is 0.497 e. The summed E-state index contributed by atoms with van der Waals surface area (Å²) < 4.78 is 6.68. The van der Waals surface area contributed by atoms with Crippen molar-refractivity contribution >= 4 is 40.0 Å². The van der Waals surface area contributed by atoms with Crippen molar-refractivity contribution in [2.45, 2.75) is 6.42 Å². The highest BCUT2D eigenvalue weighted by atomic mass is 35.5. The second kappa shape index (κ2) is 10.2. The summed E-state index contributed by atoms with van der Waals surface area (Å²) in [7, 11) is 1.54. The van der Waals surface area contributed by atoms with Gasteiger partial charge in [0.05, 0.1) is 23.4 Å². The average Bonchev–Trinajstić information content (AvgIpc) is 2.86. The van der Waals surface area contributed by atoms with Crippen LogP contribution >= 0.6 is 11.6 Å². The van der Waals surface area contributed by atoms with Crippen LogP contribution in [0.25, 0.3) is 16.5 Å². The summed E-state index contributed by atoms with van der Waals surface area (Å²) in [6.45, 7) is 0.102. The van der Waals surface area contributed by atoms with Crippen molar-refractivity contribution in [3.05, 3.63) is 94.0 Å². The summed E-state index contributed by atoms with van der Waals surface area (Å²) in [5, 5.41) is 6.80. The molecule has 172 valence electrons. The Hall–Kier alpha value is -4.17. The third kappa shape index (κ3) is 5.07. The Morgan fingerprint density at radius 2 is 1.85 bits per heavy atom. The molecule has 0 aliphatic carbocycles. The van der Waals surface area contributed by atoms with Crippen molar-refractivity contribution in [3.8, 4) is 11.4 Å². The fraction of sp³-hybridized carbons (Fsp3) is 0.120. The van der Waals surface area contributed by atoms with Gasteiger partial charge in [-0.15, -0.1) is 0 Å². The van der Waals surface area contributed by atoms with E-state index in [2.05, 4.69) is 15.6 Å². The minimum Gasteiger partial charge on any atom is -0.497 e. The maximum atomic E-state index is 13.1. The van der Waals surface area contributed by atoms with Crippen molar-refractivity contribution in [1.82, 2.24) is 14.9 Å². The number of hydrogen-bond acceptors (Lipinski definition) is 5. The lowest BCUT2D eigenvalue weighted by molar-refractivity contribution is -0.116. The molecule has 0 unspecified atom stereocenters. The monoisotopic (exact) mass is 476 g/mol. The lowest BCUT2D eigenvalue weighted by Crippen LogP contribution is -2.30. The van der Waals surface area contributed by atoms with E-state index >= 15 is 0 Å². The maximum absolute atomic E-state index is 13.1. The van der Waals surface area contributed by atoms with Gasteiger partial charge in [-0.25, -0.2) is 4.98 Å². The van der Waals surface area contributed by atoms with Gasteiger partial charge < -0.3 is 15.4 Å². The first-order valence-corrected chi connectivity index (χ1v) is 10.8. The van der Waals surface area contributed by atoms with Crippen LogP contribution in [0.3, 0.4) is 0 Å². The lowest BCUT2D eigenvalue weighted by Gasteiger charge is -2.13. The Kier molecular flexibility index (Phi) is 6.89. The third-order valence-corrected chi connectivity index (χ3v) is 5.36. The quantitative estimate of drug-likeness (QED) is 0.422. The molecule has 0 aliphatic rings. The van der Waals surface area contributed by atoms with Crippen molar-refractivity contribution in [2.75, 3.05) is 19.0 Å². The van der Waals surface area contributed by atoms with Crippen LogP contribution < -0.4 is 20.9 Å². The molecule has 2 aromatic heterocycles. The minimum absolute atomic E-state index is 0.0451. The van der Waals surface area contributed by atoms with E-state index in [9.17, 15) is 14.4 Å². The molecule has 4 rings (SSSR count). The van der Waals surface area contributed by atoms with Crippen LogP contribution in [0.2, 0.25) is 5.02 Å². The first-order valence-electron chi connectivity index (χ1n) is 10.4. The summed E-state index contributed by atoms with van der Waals surface area (Å²) in [5.74, 6) is 0.258. The number of amides is 2. The first-order chi connectivity index (χ1) is 16.5. The standard InChI is InChI=1S/C25H21ClN4O4/c1-34-18-6-4-5-17(13-18)30-15-21(19-7-2-3-8-20(19)25(30)33)24(32)27-12-11-23(31)29-22-10-9-16(26)14-28-22/h2-10,13-15H,11-12H2,1H3,(H,27,32)(H,28,29,31). The maximum Gasteiger partial charge on any atom is 0.262 e. The Morgan fingerprint density at radius 3 is 2.59 bits per heavy atom. The molecule has 34 heavy (non-hydrogen) atoms. The molecule has 0 atom stereocenters. The van der Waals surface area contributed by atoms with Crippen molar-refractivity contribution in [2.24, 2.45) is 0 Å². The number of carbonyl (C=O) groups is 2. The molecular weight excluding hydrogens is 456 g/mol. The molecule has 4 aromatic rings. The molecule has 0 aliphatic heterocycles. The second-order valence-corrected chi connectivity index (χ2v) is 7.82. The number of halogens is 1. The first kappa shape index (κ1) is 23.0. The van der Waals surface area contributed by atoms with Crippen LogP contribution in [0.4, 0.5) is 5.82 Å². The summed E-state index contributed by atoms with van der Waals surface area (Å²) in [6, 6.07) is 17.1. The van der Waals surface area contributed by atoms with E-state index in [0.29, 0.717) is 38.6 Å². The number of ether oxygens (including phenoxy) is 1. The molecule has 0 saturated carbocycles. The summed E-state index contributed by atoms with van der Waals surface area (Å²) >= 11 is 5.79. The lowest BCUT2D eigenvalue weighted by atomic mass is 10.1. The predicted molar refractivity (Wildman–Crippen MR) is 131 cm³/mol. The van der Waals surface area contributed by atoms with Crippen LogP contribution in [0.1, 0.15) is 16.8 Å². The number of carbonyl (C=O) groups excluding carboxylic acids is 2. The molecule has 2 heterocycles. The number of anilines is 1. The number of aromatic nitrogens is 2. The number of fused-ring (bicyclic) bond motifs is 1. The van der Waals surface area contributed by atoms with Crippen LogP contribution in [-0.2, 0) is 4.79 Å². The van der Waals surface area contributed by atoms with Gasteiger partial charge in [-0.1, -0.05) is 35.9 Å². The molecular formula is C25H21ClN4O4. The van der Waals surface area contributed by atoms with Gasteiger partial charge in [0.15, 0.2) is 0 Å². The topological polar surface area (TPSA) is 102 Å². The van der Waals surface area contributed by atoms with E-state index in [1.165, 1.54) is 17.0 Å². The zero-order chi connectivity index (χ0) is 24.1. The fourth-order valence-electron chi connectivity index (χ4n) is 3.46. The van der Waals surface area contributed by atoms with Crippen molar-refractivity contribution < 1.29 is 14.3 Å². The van der Waals surface area contributed by atoms with Gasteiger partial charge in [0.1, 0.15) is 11.6 Å². The van der Waals surface area contributed by atoms with Gasteiger partial charge in [-0.2, -0.15) is 0 Å². The van der Waals surface area contributed by atoms with Crippen LogP contribution in [0, 0.1) is 0 Å². The fourth-order valence-corrected chi connectivity index (χ4v) is 3.58. The molecule has 2 aromatic carbocycles. The van der Waals surface area contributed by atoms with Crippen LogP contribution in [0.15, 0.2) is 77.9 Å². The molecule has 0 radical (unpaired) electrons. The van der Waals surface area contributed by atoms with Gasteiger partial charge in [0, 0.05) is 42.2 Å². The SMILES string of the molecule is COc1cccc(-n2cc(C(=O)NCCC(=O)Nc3ccc(Cl)cn3)c3ccccc3c2=O)c1. The highest BCUT2D eigenvalue weighted by Gasteiger charge is 2.16. The van der Waals surface area contributed by atoms with E-state index in [4.69, 9.17) is 16.3 Å². The molecule has 9 heteroatoms. The summed E-state index contributed by atoms with van der Waals surface area (Å²) in [4.78, 5) is 42.4. The predicted octanol–water partition coefficient (Wildman–Crippen LogP) is 3.81. The highest BCUT2D eigenvalue weighted by molar-refractivity contribution is 6.30. The molecule has 0 saturated heterocycles. The summed E-state index contributed by atoms with van der Waals surface area (Å²) in [5.41, 5.74) is 0.632. The minimum atomic E-state index is -0.398. The molecule has 2 amide bonds. The smallest absolute Gasteiger partial charge is 0.262 e. The third-order valence-electron chi connectivity index (χ3n) is 5.13. The average molecular weight is 477 g/mol. The summed E-state index contributed by atoms with van der Waals surface area (Å²) in [6.07, 6.45) is 2.98. The Balaban J connectivity index is 1.55. The van der Waals surface area contributed by atoms with Gasteiger partial charge >= 0.3 is 0 Å². The van der Waals surface area contributed by atoms with E-state index in [-0.39, 0.29) is 24.4 Å². The Morgan fingerprint density at radius 1 is 1.06 bits per heavy atom. The number of rotatable bonds is 7. The number of nitrogens with one attached hydrogen (secondary N) is 2. The molecule has 8 nitrogen and oxygen atoms in total. The Bertz CT molecular complexity index is 1420. The van der Waals surface area contributed by atoms with E-state index < -0.39 is 5.91 Å². The van der Waals surface area contributed by atoms with Crippen molar-refractivity contribution in [3.63, 3.8) is 0 Å². The molecule has 0 bridgehead atoms. The van der Waals surface area contributed by atoms with Crippen LogP contribution in [-0.4, -0.2) is 35.0 Å². The number of nitrogens with zero attached hydrogens (tertiary/aromatic N) is 2. The van der Waals surface area contributed by atoms with E-state index in [1.807, 2.05) is 0 Å². The zero-order valence-corrected chi connectivity index (χ0v) is 19.0. The molecule has 2 N–H and O–H groups in total. The van der Waals surface area contributed by atoms with Gasteiger partial charge in [0.25, 0.3) is 11.5 Å². The number of benzene rings is 2. The number of pyridine rings is 2. The van der Waals surface area contributed by atoms with Gasteiger partial charge in [-0.05, 0) is 30.3 Å². The number of methoxy groups -OCH3 is 1. The Labute approximate surface area is 200 Å². The van der Waals surface area contributed by atoms with Crippen LogP contribution in [0.5, 0.6) is 5.75 Å². The highest BCUT2D eigenvalue weighted by Crippen LogP contribution is 2.20. The van der Waals surface area contributed by atoms with Gasteiger partial charge in [0.2, 0.25) is 5.91 Å². The molecule has 0 spiro atoms. The molecule has 0 fully saturated rings. The van der Waals surface area contributed by atoms with E-state index in [0.717, 1.165) is 0 Å². The second-order valence-electron chi connectivity index (χ2n) is 7.38.